The molecule has 2 rings (SSSR count). The molecule has 0 spiro atoms. The number of carbonyl (C=O) groups excluding carboxylic acids is 2. The van der Waals surface area contributed by atoms with Crippen molar-refractivity contribution in [2.75, 3.05) is 10.6 Å². The Hall–Kier alpha value is -2.62. The van der Waals surface area contributed by atoms with E-state index in [9.17, 15) is 9.59 Å². The first-order valence-electron chi connectivity index (χ1n) is 8.11. The zero-order valence-electron chi connectivity index (χ0n) is 14.6. The van der Waals surface area contributed by atoms with Crippen LogP contribution in [-0.2, 0) is 16.0 Å². The van der Waals surface area contributed by atoms with Gasteiger partial charge in [0, 0.05) is 11.4 Å². The summed E-state index contributed by atoms with van der Waals surface area (Å²) in [6.07, 6.45) is 0.943. The molecule has 0 radical (unpaired) electrons. The van der Waals surface area contributed by atoms with E-state index in [0.717, 1.165) is 12.0 Å². The van der Waals surface area contributed by atoms with Gasteiger partial charge in [0.2, 0.25) is 11.8 Å². The summed E-state index contributed by atoms with van der Waals surface area (Å²) in [5.74, 6) is -0.676. The molecule has 0 heterocycles. The van der Waals surface area contributed by atoms with Crippen LogP contribution in [-0.4, -0.2) is 11.8 Å². The molecule has 2 N–H and O–H groups in total. The van der Waals surface area contributed by atoms with Crippen LogP contribution in [0.15, 0.2) is 48.5 Å². The number of hydrogen-bond acceptors (Lipinski definition) is 2. The van der Waals surface area contributed by atoms with Gasteiger partial charge in [0.15, 0.2) is 0 Å². The second-order valence-electron chi connectivity index (χ2n) is 6.45. The van der Waals surface area contributed by atoms with Crippen molar-refractivity contribution in [2.45, 2.75) is 34.1 Å². The highest BCUT2D eigenvalue weighted by atomic mass is 16.2. The summed E-state index contributed by atoms with van der Waals surface area (Å²) < 4.78 is 0. The molecular formula is C20H24N2O2. The van der Waals surface area contributed by atoms with E-state index in [0.29, 0.717) is 11.4 Å². The molecule has 4 nitrogen and oxygen atoms in total. The van der Waals surface area contributed by atoms with Gasteiger partial charge in [-0.3, -0.25) is 9.59 Å². The summed E-state index contributed by atoms with van der Waals surface area (Å²) in [6, 6.07) is 15.1. The van der Waals surface area contributed by atoms with Crippen molar-refractivity contribution in [3.63, 3.8) is 0 Å². The van der Waals surface area contributed by atoms with Crippen LogP contribution in [0.1, 0.15) is 31.9 Å². The molecule has 0 atom stereocenters. The Morgan fingerprint density at radius 2 is 1.25 bits per heavy atom. The van der Waals surface area contributed by atoms with E-state index in [-0.39, 0.29) is 11.8 Å². The molecule has 0 aliphatic rings. The van der Waals surface area contributed by atoms with Gasteiger partial charge < -0.3 is 10.6 Å². The van der Waals surface area contributed by atoms with Crippen LogP contribution in [0.5, 0.6) is 0 Å². The molecule has 0 saturated heterocycles. The van der Waals surface area contributed by atoms with Crippen LogP contribution in [0, 0.1) is 12.3 Å². The second kappa shape index (κ2) is 7.30. The smallest absolute Gasteiger partial charge is 0.239 e. The maximum absolute atomic E-state index is 12.5. The molecule has 0 unspecified atom stereocenters. The minimum absolute atomic E-state index is 0.337. The summed E-state index contributed by atoms with van der Waals surface area (Å²) in [7, 11) is 0. The van der Waals surface area contributed by atoms with E-state index in [1.165, 1.54) is 5.56 Å². The summed E-state index contributed by atoms with van der Waals surface area (Å²) in [5.41, 5.74) is 2.49. The van der Waals surface area contributed by atoms with Crippen molar-refractivity contribution < 1.29 is 9.59 Å². The molecule has 0 aromatic heterocycles. The molecular weight excluding hydrogens is 300 g/mol. The average molecular weight is 324 g/mol. The van der Waals surface area contributed by atoms with E-state index in [2.05, 4.69) is 17.6 Å². The molecule has 0 aliphatic carbocycles. The second-order valence-corrected chi connectivity index (χ2v) is 6.45. The highest BCUT2D eigenvalue weighted by molar-refractivity contribution is 6.13. The topological polar surface area (TPSA) is 58.2 Å². The first kappa shape index (κ1) is 17.7. The van der Waals surface area contributed by atoms with Crippen LogP contribution in [0.3, 0.4) is 0 Å². The molecule has 2 aromatic carbocycles. The molecule has 4 heteroatoms. The Morgan fingerprint density at radius 1 is 0.833 bits per heavy atom. The predicted octanol–water partition coefficient (Wildman–Crippen LogP) is 4.16. The third kappa shape index (κ3) is 4.22. The fourth-order valence-electron chi connectivity index (χ4n) is 2.14. The van der Waals surface area contributed by atoms with Gasteiger partial charge in [-0.2, -0.15) is 0 Å². The first-order valence-corrected chi connectivity index (χ1v) is 8.11. The van der Waals surface area contributed by atoms with Gasteiger partial charge in [-0.1, -0.05) is 36.8 Å². The molecule has 0 bridgehead atoms. The summed E-state index contributed by atoms with van der Waals surface area (Å²) in [6.45, 7) is 7.29. The number of amides is 2. The molecule has 24 heavy (non-hydrogen) atoms. The lowest BCUT2D eigenvalue weighted by Gasteiger charge is -2.23. The van der Waals surface area contributed by atoms with Crippen molar-refractivity contribution in [1.82, 2.24) is 0 Å². The molecule has 2 aromatic rings. The lowest BCUT2D eigenvalue weighted by molar-refractivity contribution is -0.135. The Labute approximate surface area is 143 Å². The van der Waals surface area contributed by atoms with E-state index in [4.69, 9.17) is 0 Å². The van der Waals surface area contributed by atoms with E-state index < -0.39 is 5.41 Å². The molecule has 0 fully saturated rings. The maximum atomic E-state index is 12.5. The fourth-order valence-corrected chi connectivity index (χ4v) is 2.14. The van der Waals surface area contributed by atoms with E-state index >= 15 is 0 Å². The van der Waals surface area contributed by atoms with Crippen LogP contribution < -0.4 is 10.6 Å². The Kier molecular flexibility index (Phi) is 5.39. The zero-order chi connectivity index (χ0) is 17.7. The highest BCUT2D eigenvalue weighted by Crippen LogP contribution is 2.22. The lowest BCUT2D eigenvalue weighted by Crippen LogP contribution is -2.41. The van der Waals surface area contributed by atoms with Gasteiger partial charge in [0.05, 0.1) is 0 Å². The number of anilines is 2. The van der Waals surface area contributed by atoms with Crippen LogP contribution >= 0.6 is 0 Å². The van der Waals surface area contributed by atoms with Gasteiger partial charge in [-0.05, 0) is 57.0 Å². The molecule has 2 amide bonds. The minimum Gasteiger partial charge on any atom is -0.325 e. The molecule has 0 aliphatic heterocycles. The molecule has 0 saturated carbocycles. The van der Waals surface area contributed by atoms with Crippen molar-refractivity contribution in [1.29, 1.82) is 0 Å². The Balaban J connectivity index is 2.05. The van der Waals surface area contributed by atoms with E-state index in [1.54, 1.807) is 13.8 Å². The zero-order valence-corrected chi connectivity index (χ0v) is 14.6. The summed E-state index contributed by atoms with van der Waals surface area (Å²) in [5, 5.41) is 5.60. The van der Waals surface area contributed by atoms with Crippen molar-refractivity contribution in [2.24, 2.45) is 5.41 Å². The Morgan fingerprint density at radius 3 is 1.67 bits per heavy atom. The van der Waals surface area contributed by atoms with Gasteiger partial charge in [-0.25, -0.2) is 0 Å². The van der Waals surface area contributed by atoms with Crippen LogP contribution in [0.25, 0.3) is 0 Å². The third-order valence-corrected chi connectivity index (χ3v) is 4.06. The number of carbonyl (C=O) groups is 2. The maximum Gasteiger partial charge on any atom is 0.239 e. The Bertz CT molecular complexity index is 716. The van der Waals surface area contributed by atoms with Gasteiger partial charge in [0.1, 0.15) is 5.41 Å². The average Bonchev–Trinajstić information content (AvgIpc) is 2.57. The lowest BCUT2D eigenvalue weighted by atomic mass is 9.90. The van der Waals surface area contributed by atoms with Crippen LogP contribution in [0.4, 0.5) is 11.4 Å². The number of hydrogen-bond donors (Lipinski definition) is 2. The minimum atomic E-state index is -1.19. The van der Waals surface area contributed by atoms with Gasteiger partial charge in [-0.15, -0.1) is 0 Å². The largest absolute Gasteiger partial charge is 0.325 e. The summed E-state index contributed by atoms with van der Waals surface area (Å²) in [4.78, 5) is 25.0. The van der Waals surface area contributed by atoms with Crippen molar-refractivity contribution >= 4 is 23.2 Å². The number of aryl methyl sites for hydroxylation is 2. The predicted molar refractivity (Wildman–Crippen MR) is 98.0 cm³/mol. The number of nitrogens with one attached hydrogen (secondary N) is 2. The normalized spacial score (nSPS) is 11.0. The van der Waals surface area contributed by atoms with E-state index in [1.807, 2.05) is 55.5 Å². The van der Waals surface area contributed by atoms with Crippen LogP contribution in [0.2, 0.25) is 0 Å². The number of rotatable bonds is 5. The van der Waals surface area contributed by atoms with Crippen molar-refractivity contribution in [3.8, 4) is 0 Å². The monoisotopic (exact) mass is 324 g/mol. The van der Waals surface area contributed by atoms with Gasteiger partial charge >= 0.3 is 0 Å². The molecule has 126 valence electrons. The quantitative estimate of drug-likeness (QED) is 0.811. The fraction of sp³-hybridized carbons (Fsp3) is 0.300. The highest BCUT2D eigenvalue weighted by Gasteiger charge is 2.36. The standard InChI is InChI=1S/C20H24N2O2/c1-5-15-8-12-17(13-9-15)22-19(24)20(3,4)18(23)21-16-10-6-14(2)7-11-16/h6-13H,5H2,1-4H3,(H,21,23)(H,22,24). The summed E-state index contributed by atoms with van der Waals surface area (Å²) >= 11 is 0. The SMILES string of the molecule is CCc1ccc(NC(=O)C(C)(C)C(=O)Nc2ccc(C)cc2)cc1. The third-order valence-electron chi connectivity index (χ3n) is 4.06. The first-order chi connectivity index (χ1) is 11.3. The number of benzene rings is 2. The van der Waals surface area contributed by atoms with Crippen molar-refractivity contribution in [3.05, 3.63) is 59.7 Å². The van der Waals surface area contributed by atoms with Gasteiger partial charge in [0.25, 0.3) is 0 Å².